The van der Waals surface area contributed by atoms with E-state index in [-0.39, 0.29) is 24.1 Å². The lowest BCUT2D eigenvalue weighted by Crippen LogP contribution is -2.41. The molecule has 190 valence electrons. The van der Waals surface area contributed by atoms with E-state index in [1.54, 1.807) is 24.3 Å². The molecule has 2 aliphatic rings. The number of imide groups is 1. The van der Waals surface area contributed by atoms with Crippen LogP contribution in [0.5, 0.6) is 0 Å². The standard InChI is InChI=1S/C27H27N5O5/c33-26-19-31(28-16-24-10-11-25(37-24)22-6-8-23(9-7-22)32(35)36)27(34)30(26)18-21-12-14-29(15-13-21)17-20-4-2-1-3-5-20/h1-11,16,21H,12-15,17-19H2/b28-16+. The summed E-state index contributed by atoms with van der Waals surface area (Å²) < 4.78 is 5.73. The Morgan fingerprint density at radius 2 is 1.73 bits per heavy atom. The zero-order valence-corrected chi connectivity index (χ0v) is 20.2. The van der Waals surface area contributed by atoms with E-state index >= 15 is 0 Å². The summed E-state index contributed by atoms with van der Waals surface area (Å²) in [6.45, 7) is 3.10. The number of hydrogen-bond donors (Lipinski definition) is 0. The van der Waals surface area contributed by atoms with Gasteiger partial charge in [0.2, 0.25) is 0 Å². The van der Waals surface area contributed by atoms with Crippen LogP contribution in [0, 0.1) is 16.0 Å². The molecule has 10 heteroatoms. The summed E-state index contributed by atoms with van der Waals surface area (Å²) >= 11 is 0. The lowest BCUT2D eigenvalue weighted by atomic mass is 9.96. The molecular formula is C27H27N5O5. The molecule has 3 amide bonds. The van der Waals surface area contributed by atoms with Crippen molar-refractivity contribution in [1.29, 1.82) is 0 Å². The fourth-order valence-corrected chi connectivity index (χ4v) is 4.68. The first kappa shape index (κ1) is 24.4. The third-order valence-electron chi connectivity index (χ3n) is 6.75. The van der Waals surface area contributed by atoms with Gasteiger partial charge >= 0.3 is 6.03 Å². The van der Waals surface area contributed by atoms with Crippen molar-refractivity contribution in [3.8, 4) is 11.3 Å². The van der Waals surface area contributed by atoms with Gasteiger partial charge in [0, 0.05) is 30.8 Å². The first-order valence-corrected chi connectivity index (χ1v) is 12.2. The minimum atomic E-state index is -0.462. The second-order valence-electron chi connectivity index (χ2n) is 9.30. The smallest absolute Gasteiger partial charge is 0.347 e. The van der Waals surface area contributed by atoms with E-state index in [1.807, 2.05) is 18.2 Å². The van der Waals surface area contributed by atoms with Gasteiger partial charge in [-0.25, -0.2) is 9.80 Å². The highest BCUT2D eigenvalue weighted by atomic mass is 16.6. The molecule has 2 saturated heterocycles. The Morgan fingerprint density at radius 1 is 1.00 bits per heavy atom. The first-order valence-electron chi connectivity index (χ1n) is 12.2. The fourth-order valence-electron chi connectivity index (χ4n) is 4.68. The predicted molar refractivity (Wildman–Crippen MR) is 137 cm³/mol. The molecule has 0 spiro atoms. The molecule has 3 heterocycles. The number of nitro benzene ring substituents is 1. The number of carbonyl (C=O) groups excluding carboxylic acids is 2. The maximum Gasteiger partial charge on any atom is 0.347 e. The van der Waals surface area contributed by atoms with Crippen LogP contribution in [-0.4, -0.2) is 64.1 Å². The highest BCUT2D eigenvalue weighted by Gasteiger charge is 2.37. The van der Waals surface area contributed by atoms with Crippen LogP contribution < -0.4 is 0 Å². The molecule has 2 fully saturated rings. The van der Waals surface area contributed by atoms with Gasteiger partial charge in [0.25, 0.3) is 11.6 Å². The first-order chi connectivity index (χ1) is 18.0. The summed E-state index contributed by atoms with van der Waals surface area (Å²) in [6, 6.07) is 19.4. The average molecular weight is 502 g/mol. The molecule has 1 aromatic heterocycles. The molecule has 0 bridgehead atoms. The number of furan rings is 1. The van der Waals surface area contributed by atoms with Crippen LogP contribution >= 0.6 is 0 Å². The van der Waals surface area contributed by atoms with Crippen molar-refractivity contribution in [2.75, 3.05) is 26.2 Å². The Labute approximate surface area is 213 Å². The van der Waals surface area contributed by atoms with Gasteiger partial charge in [0.1, 0.15) is 18.1 Å². The third kappa shape index (κ3) is 5.75. The van der Waals surface area contributed by atoms with Crippen molar-refractivity contribution >= 4 is 23.8 Å². The highest BCUT2D eigenvalue weighted by molar-refractivity contribution is 6.02. The van der Waals surface area contributed by atoms with Crippen molar-refractivity contribution in [3.05, 3.63) is 88.2 Å². The van der Waals surface area contributed by atoms with E-state index < -0.39 is 11.0 Å². The van der Waals surface area contributed by atoms with E-state index in [0.717, 1.165) is 37.5 Å². The van der Waals surface area contributed by atoms with E-state index in [9.17, 15) is 19.7 Å². The number of urea groups is 1. The van der Waals surface area contributed by atoms with Crippen LogP contribution in [0.1, 0.15) is 24.2 Å². The van der Waals surface area contributed by atoms with Crippen LogP contribution in [0.4, 0.5) is 10.5 Å². The number of non-ortho nitro benzene ring substituents is 1. The van der Waals surface area contributed by atoms with Gasteiger partial charge in [0.05, 0.1) is 11.1 Å². The number of rotatable bonds is 8. The Morgan fingerprint density at radius 3 is 2.43 bits per heavy atom. The molecule has 0 atom stereocenters. The van der Waals surface area contributed by atoms with Gasteiger partial charge in [-0.2, -0.15) is 5.10 Å². The number of hydrazone groups is 1. The summed E-state index contributed by atoms with van der Waals surface area (Å²) in [5, 5.41) is 16.2. The molecule has 0 radical (unpaired) electrons. The zero-order valence-electron chi connectivity index (χ0n) is 20.2. The molecule has 5 rings (SSSR count). The normalized spacial score (nSPS) is 17.3. The molecule has 3 aromatic rings. The SMILES string of the molecule is O=C1CN(/N=C/c2ccc(-c3ccc([N+](=O)[O-])cc3)o2)C(=O)N1CC1CCN(Cc2ccccc2)CC1. The minimum Gasteiger partial charge on any atom is -0.455 e. The van der Waals surface area contributed by atoms with Gasteiger partial charge < -0.3 is 4.42 Å². The largest absolute Gasteiger partial charge is 0.455 e. The number of nitro groups is 1. The lowest BCUT2D eigenvalue weighted by Gasteiger charge is -2.33. The van der Waals surface area contributed by atoms with E-state index in [2.05, 4.69) is 22.1 Å². The van der Waals surface area contributed by atoms with Gasteiger partial charge in [-0.1, -0.05) is 30.3 Å². The van der Waals surface area contributed by atoms with Crippen LogP contribution in [0.25, 0.3) is 11.3 Å². The topological polar surface area (TPSA) is 112 Å². The maximum atomic E-state index is 12.9. The van der Waals surface area contributed by atoms with Gasteiger partial charge in [-0.3, -0.25) is 24.7 Å². The Balaban J connectivity index is 1.13. The van der Waals surface area contributed by atoms with Crippen LogP contribution in [0.2, 0.25) is 0 Å². The van der Waals surface area contributed by atoms with Crippen molar-refractivity contribution in [3.63, 3.8) is 0 Å². The van der Waals surface area contributed by atoms with Crippen molar-refractivity contribution in [2.45, 2.75) is 19.4 Å². The highest BCUT2D eigenvalue weighted by Crippen LogP contribution is 2.25. The monoisotopic (exact) mass is 501 g/mol. The third-order valence-corrected chi connectivity index (χ3v) is 6.75. The number of benzene rings is 2. The molecule has 2 aromatic carbocycles. The summed E-state index contributed by atoms with van der Waals surface area (Å²) in [7, 11) is 0. The van der Waals surface area contributed by atoms with E-state index in [1.165, 1.54) is 28.8 Å². The van der Waals surface area contributed by atoms with Crippen LogP contribution in [-0.2, 0) is 11.3 Å². The minimum absolute atomic E-state index is 0.00315. The van der Waals surface area contributed by atoms with Crippen LogP contribution in [0.15, 0.2) is 76.2 Å². The van der Waals surface area contributed by atoms with Gasteiger partial charge in [-0.05, 0) is 61.7 Å². The molecule has 0 unspecified atom stereocenters. The predicted octanol–water partition coefficient (Wildman–Crippen LogP) is 4.37. The molecule has 0 saturated carbocycles. The van der Waals surface area contributed by atoms with E-state index in [4.69, 9.17) is 4.42 Å². The van der Waals surface area contributed by atoms with E-state index in [0.29, 0.717) is 23.6 Å². The number of likely N-dealkylation sites (tertiary alicyclic amines) is 1. The number of hydrogen-bond acceptors (Lipinski definition) is 7. The fraction of sp³-hybridized carbons (Fsp3) is 0.296. The van der Waals surface area contributed by atoms with Gasteiger partial charge in [0.15, 0.2) is 0 Å². The summed E-state index contributed by atoms with van der Waals surface area (Å²) in [4.78, 5) is 39.5. The Bertz CT molecular complexity index is 1300. The average Bonchev–Trinajstić information content (AvgIpc) is 3.49. The van der Waals surface area contributed by atoms with Crippen molar-refractivity contribution in [2.24, 2.45) is 11.0 Å². The molecule has 0 N–H and O–H groups in total. The molecule has 10 nitrogen and oxygen atoms in total. The number of nitrogens with zero attached hydrogens (tertiary/aromatic N) is 5. The Kier molecular flexibility index (Phi) is 7.09. The second kappa shape index (κ2) is 10.8. The summed E-state index contributed by atoms with van der Waals surface area (Å²) in [5.41, 5.74) is 1.96. The molecular weight excluding hydrogens is 474 g/mol. The number of carbonyl (C=O) groups is 2. The number of piperidine rings is 1. The van der Waals surface area contributed by atoms with Crippen molar-refractivity contribution < 1.29 is 18.9 Å². The quantitative estimate of drug-likeness (QED) is 0.196. The Hall–Kier alpha value is -4.31. The summed E-state index contributed by atoms with van der Waals surface area (Å²) in [6.07, 6.45) is 3.27. The summed E-state index contributed by atoms with van der Waals surface area (Å²) in [5.74, 6) is 0.941. The molecule has 2 aliphatic heterocycles. The lowest BCUT2D eigenvalue weighted by molar-refractivity contribution is -0.384. The zero-order chi connectivity index (χ0) is 25.8. The second-order valence-corrected chi connectivity index (χ2v) is 9.30. The maximum absolute atomic E-state index is 12.9. The van der Waals surface area contributed by atoms with Gasteiger partial charge in [-0.15, -0.1) is 0 Å². The van der Waals surface area contributed by atoms with Crippen LogP contribution in [0.3, 0.4) is 0 Å². The molecule has 0 aliphatic carbocycles. The van der Waals surface area contributed by atoms with Crippen molar-refractivity contribution in [1.82, 2.24) is 14.8 Å². The molecule has 37 heavy (non-hydrogen) atoms. The number of amides is 3.